The molecule has 0 N–H and O–H groups in total. The quantitative estimate of drug-likeness (QED) is 0.685. The van der Waals surface area contributed by atoms with Crippen LogP contribution in [0.25, 0.3) is 0 Å². The number of terminal acetylenes is 1. The van der Waals surface area contributed by atoms with E-state index in [2.05, 4.69) is 5.92 Å². The number of hydrogen-bond acceptors (Lipinski definition) is 2. The Balaban J connectivity index is 2.81. The van der Waals surface area contributed by atoms with E-state index in [4.69, 9.17) is 11.2 Å². The van der Waals surface area contributed by atoms with E-state index < -0.39 is 23.2 Å². The molecule has 5 heteroatoms. The molecule has 0 atom stereocenters. The number of hydrogen-bond donors (Lipinski definition) is 0. The lowest BCUT2D eigenvalue weighted by Crippen LogP contribution is -2.53. The zero-order valence-corrected chi connectivity index (χ0v) is 11.9. The standard InChI is InChI=1S/C14H21F2NO2/c1-6-13(7-9-14(15,16)10-8-13)17(5)11(18)19-12(2,3)4/h1H,7-10H2,2-5H3. The highest BCUT2D eigenvalue weighted by Gasteiger charge is 2.46. The van der Waals surface area contributed by atoms with Crippen LogP contribution >= 0.6 is 0 Å². The SMILES string of the molecule is C#CC1(N(C)C(=O)OC(C)(C)C)CCC(F)(F)CC1. The normalized spacial score (nSPS) is 21.3. The van der Waals surface area contributed by atoms with Crippen LogP contribution in [0.15, 0.2) is 0 Å². The summed E-state index contributed by atoms with van der Waals surface area (Å²) in [6.07, 6.45) is 4.49. The summed E-state index contributed by atoms with van der Waals surface area (Å²) in [4.78, 5) is 13.3. The molecule has 0 aromatic heterocycles. The molecule has 108 valence electrons. The fourth-order valence-electron chi connectivity index (χ4n) is 2.11. The highest BCUT2D eigenvalue weighted by molar-refractivity contribution is 5.69. The molecule has 0 aromatic carbocycles. The lowest BCUT2D eigenvalue weighted by atomic mass is 9.79. The van der Waals surface area contributed by atoms with E-state index in [0.29, 0.717) is 0 Å². The number of halogens is 2. The van der Waals surface area contributed by atoms with Crippen molar-refractivity contribution in [2.24, 2.45) is 0 Å². The summed E-state index contributed by atoms with van der Waals surface area (Å²) in [6.45, 7) is 5.24. The predicted molar refractivity (Wildman–Crippen MR) is 69.0 cm³/mol. The molecule has 1 saturated carbocycles. The molecule has 0 saturated heterocycles. The monoisotopic (exact) mass is 273 g/mol. The van der Waals surface area contributed by atoms with Crippen LogP contribution in [0, 0.1) is 12.3 Å². The third-order valence-electron chi connectivity index (χ3n) is 3.39. The number of alkyl halides is 2. The summed E-state index contributed by atoms with van der Waals surface area (Å²) < 4.78 is 31.7. The lowest BCUT2D eigenvalue weighted by molar-refractivity contribution is -0.0668. The van der Waals surface area contributed by atoms with Gasteiger partial charge in [-0.2, -0.15) is 0 Å². The van der Waals surface area contributed by atoms with Gasteiger partial charge in [0, 0.05) is 19.9 Å². The van der Waals surface area contributed by atoms with Crippen LogP contribution in [0.2, 0.25) is 0 Å². The van der Waals surface area contributed by atoms with Gasteiger partial charge in [-0.05, 0) is 33.6 Å². The molecule has 0 radical (unpaired) electrons. The van der Waals surface area contributed by atoms with Crippen LogP contribution in [-0.4, -0.2) is 35.1 Å². The average molecular weight is 273 g/mol. The van der Waals surface area contributed by atoms with Crippen molar-refractivity contribution in [3.8, 4) is 12.3 Å². The Hall–Kier alpha value is -1.31. The van der Waals surface area contributed by atoms with Gasteiger partial charge in [-0.25, -0.2) is 13.6 Å². The van der Waals surface area contributed by atoms with E-state index in [1.165, 1.54) is 11.9 Å². The van der Waals surface area contributed by atoms with Crippen LogP contribution in [0.5, 0.6) is 0 Å². The average Bonchev–Trinajstić information content (AvgIpc) is 2.27. The minimum Gasteiger partial charge on any atom is -0.444 e. The second-order valence-corrected chi connectivity index (χ2v) is 6.07. The Kier molecular flexibility index (Phi) is 4.14. The summed E-state index contributed by atoms with van der Waals surface area (Å²) in [6, 6.07) is 0. The lowest BCUT2D eigenvalue weighted by Gasteiger charge is -2.42. The highest BCUT2D eigenvalue weighted by atomic mass is 19.3. The molecular formula is C14H21F2NO2. The van der Waals surface area contributed by atoms with E-state index in [0.717, 1.165) is 0 Å². The Bertz CT molecular complexity index is 383. The van der Waals surface area contributed by atoms with E-state index in [-0.39, 0.29) is 25.7 Å². The van der Waals surface area contributed by atoms with Gasteiger partial charge in [0.1, 0.15) is 11.1 Å². The van der Waals surface area contributed by atoms with E-state index in [1.54, 1.807) is 20.8 Å². The first-order chi connectivity index (χ1) is 8.51. The first-order valence-corrected chi connectivity index (χ1v) is 6.34. The van der Waals surface area contributed by atoms with Crippen molar-refractivity contribution < 1.29 is 18.3 Å². The molecule has 3 nitrogen and oxygen atoms in total. The van der Waals surface area contributed by atoms with Crippen molar-refractivity contribution in [3.63, 3.8) is 0 Å². The molecule has 1 aliphatic rings. The maximum atomic E-state index is 13.2. The van der Waals surface area contributed by atoms with Gasteiger partial charge in [0.05, 0.1) is 0 Å². The number of rotatable bonds is 1. The van der Waals surface area contributed by atoms with Crippen molar-refractivity contribution in [1.82, 2.24) is 4.90 Å². The summed E-state index contributed by atoms with van der Waals surface area (Å²) in [5.41, 5.74) is -1.61. The Labute approximate surface area is 113 Å². The van der Waals surface area contributed by atoms with Gasteiger partial charge in [0.2, 0.25) is 5.92 Å². The molecular weight excluding hydrogens is 252 g/mol. The van der Waals surface area contributed by atoms with Crippen molar-refractivity contribution in [2.45, 2.75) is 63.5 Å². The fraction of sp³-hybridized carbons (Fsp3) is 0.786. The topological polar surface area (TPSA) is 29.5 Å². The minimum absolute atomic E-state index is 0.0895. The van der Waals surface area contributed by atoms with Gasteiger partial charge in [-0.1, -0.05) is 5.92 Å². The smallest absolute Gasteiger partial charge is 0.411 e. The summed E-state index contributed by atoms with van der Waals surface area (Å²) in [7, 11) is 1.51. The molecule has 0 aromatic rings. The second-order valence-electron chi connectivity index (χ2n) is 6.07. The van der Waals surface area contributed by atoms with Crippen LogP contribution in [0.3, 0.4) is 0 Å². The van der Waals surface area contributed by atoms with E-state index in [1.807, 2.05) is 0 Å². The summed E-state index contributed by atoms with van der Waals surface area (Å²) in [5.74, 6) is -0.172. The van der Waals surface area contributed by atoms with Gasteiger partial charge in [-0.3, -0.25) is 4.90 Å². The van der Waals surface area contributed by atoms with Crippen molar-refractivity contribution >= 4 is 6.09 Å². The third kappa shape index (κ3) is 3.82. The summed E-state index contributed by atoms with van der Waals surface area (Å²) >= 11 is 0. The first kappa shape index (κ1) is 15.7. The molecule has 1 aliphatic carbocycles. The molecule has 1 rings (SSSR count). The van der Waals surface area contributed by atoms with E-state index >= 15 is 0 Å². The van der Waals surface area contributed by atoms with Crippen molar-refractivity contribution in [1.29, 1.82) is 0 Å². The minimum atomic E-state index is -2.69. The van der Waals surface area contributed by atoms with Crippen molar-refractivity contribution in [2.75, 3.05) is 7.05 Å². The molecule has 0 bridgehead atoms. The Morgan fingerprint density at radius 3 is 2.11 bits per heavy atom. The molecule has 0 aliphatic heterocycles. The number of amides is 1. The molecule has 1 fully saturated rings. The first-order valence-electron chi connectivity index (χ1n) is 6.34. The fourth-order valence-corrected chi connectivity index (χ4v) is 2.11. The number of carbonyl (C=O) groups is 1. The zero-order chi connectivity index (χ0) is 14.9. The number of nitrogens with zero attached hydrogens (tertiary/aromatic N) is 1. The number of ether oxygens (including phenoxy) is 1. The Morgan fingerprint density at radius 1 is 1.26 bits per heavy atom. The summed E-state index contributed by atoms with van der Waals surface area (Å²) in [5, 5.41) is 0. The largest absolute Gasteiger partial charge is 0.444 e. The van der Waals surface area contributed by atoms with Crippen molar-refractivity contribution in [3.05, 3.63) is 0 Å². The number of carbonyl (C=O) groups excluding carboxylic acids is 1. The molecule has 0 unspecified atom stereocenters. The second kappa shape index (κ2) is 4.99. The van der Waals surface area contributed by atoms with Gasteiger partial charge >= 0.3 is 6.09 Å². The van der Waals surface area contributed by atoms with Gasteiger partial charge in [-0.15, -0.1) is 6.42 Å². The van der Waals surface area contributed by atoms with Gasteiger partial charge in [0.25, 0.3) is 0 Å². The maximum absolute atomic E-state index is 13.2. The molecule has 19 heavy (non-hydrogen) atoms. The van der Waals surface area contributed by atoms with Gasteiger partial charge in [0.15, 0.2) is 0 Å². The van der Waals surface area contributed by atoms with Crippen LogP contribution < -0.4 is 0 Å². The molecule has 0 heterocycles. The van der Waals surface area contributed by atoms with Crippen LogP contribution in [0.4, 0.5) is 13.6 Å². The van der Waals surface area contributed by atoms with Gasteiger partial charge < -0.3 is 4.74 Å². The maximum Gasteiger partial charge on any atom is 0.411 e. The van der Waals surface area contributed by atoms with Crippen LogP contribution in [-0.2, 0) is 4.74 Å². The molecule has 1 amide bonds. The van der Waals surface area contributed by atoms with Crippen LogP contribution in [0.1, 0.15) is 46.5 Å². The molecule has 0 spiro atoms. The van der Waals surface area contributed by atoms with E-state index in [9.17, 15) is 13.6 Å². The highest BCUT2D eigenvalue weighted by Crippen LogP contribution is 2.41. The predicted octanol–water partition coefficient (Wildman–Crippen LogP) is 3.43. The zero-order valence-electron chi connectivity index (χ0n) is 11.9. The third-order valence-corrected chi connectivity index (χ3v) is 3.39. The Morgan fingerprint density at radius 2 is 1.74 bits per heavy atom.